The normalized spacial score (nSPS) is 21.6. The molecule has 1 aliphatic carbocycles. The number of hydrogen-bond donors (Lipinski definition) is 2. The summed E-state index contributed by atoms with van der Waals surface area (Å²) < 4.78 is 11.9. The fourth-order valence-corrected chi connectivity index (χ4v) is 5.53. The number of hydrogen-bond acceptors (Lipinski definition) is 6. The molecule has 2 aliphatic heterocycles. The molecule has 3 heterocycles. The molecule has 3 aliphatic rings. The van der Waals surface area contributed by atoms with Gasteiger partial charge in [0, 0.05) is 41.5 Å². The second-order valence-electron chi connectivity index (χ2n) is 9.59. The third-order valence-electron chi connectivity index (χ3n) is 7.32. The molecule has 0 saturated carbocycles. The van der Waals surface area contributed by atoms with Crippen LogP contribution < -0.4 is 15.4 Å². The van der Waals surface area contributed by atoms with Gasteiger partial charge in [-0.1, -0.05) is 6.42 Å². The number of pyridine rings is 1. The first-order chi connectivity index (χ1) is 15.8. The second kappa shape index (κ2) is 10.4. The second-order valence-corrected chi connectivity index (χ2v) is 9.59. The lowest BCUT2D eigenvalue weighted by molar-refractivity contribution is 0.0979. The Hall–Kier alpha value is -1.89. The molecule has 5 rings (SSSR count). The van der Waals surface area contributed by atoms with Crippen LogP contribution in [0.5, 0.6) is 5.75 Å². The van der Waals surface area contributed by atoms with Gasteiger partial charge in [0.25, 0.3) is 0 Å². The highest BCUT2D eigenvalue weighted by atomic mass is 16.5. The van der Waals surface area contributed by atoms with Gasteiger partial charge in [-0.15, -0.1) is 0 Å². The van der Waals surface area contributed by atoms with Gasteiger partial charge >= 0.3 is 0 Å². The number of nitrogens with zero attached hydrogens (tertiary/aromatic N) is 2. The third-order valence-corrected chi connectivity index (χ3v) is 7.32. The molecule has 1 aromatic heterocycles. The van der Waals surface area contributed by atoms with E-state index in [0.717, 1.165) is 55.9 Å². The highest BCUT2D eigenvalue weighted by Gasteiger charge is 2.23. The highest BCUT2D eigenvalue weighted by Crippen LogP contribution is 2.38. The maximum absolute atomic E-state index is 6.06. The molecule has 1 atom stereocenters. The van der Waals surface area contributed by atoms with Gasteiger partial charge in [0.15, 0.2) is 0 Å². The van der Waals surface area contributed by atoms with E-state index >= 15 is 0 Å². The molecule has 2 fully saturated rings. The molecule has 2 aromatic rings. The summed E-state index contributed by atoms with van der Waals surface area (Å²) in [7, 11) is 1.76. The molecule has 2 saturated heterocycles. The first-order valence-electron chi connectivity index (χ1n) is 12.6. The number of ether oxygens (including phenoxy) is 2. The van der Waals surface area contributed by atoms with Crippen LogP contribution in [0.1, 0.15) is 55.3 Å². The summed E-state index contributed by atoms with van der Waals surface area (Å²) in [5.74, 6) is 0.903. The number of aryl methyl sites for hydroxylation is 1. The van der Waals surface area contributed by atoms with Gasteiger partial charge in [0.05, 0.1) is 25.8 Å². The quantitative estimate of drug-likeness (QED) is 0.610. The Morgan fingerprint density at radius 1 is 1.12 bits per heavy atom. The molecule has 174 valence electrons. The molecule has 32 heavy (non-hydrogen) atoms. The summed E-state index contributed by atoms with van der Waals surface area (Å²) in [6, 6.07) is 4.85. The van der Waals surface area contributed by atoms with Gasteiger partial charge < -0.3 is 25.0 Å². The molecule has 1 unspecified atom stereocenters. The van der Waals surface area contributed by atoms with E-state index in [-0.39, 0.29) is 0 Å². The Kier molecular flexibility index (Phi) is 7.10. The smallest absolute Gasteiger partial charge is 0.125 e. The fourth-order valence-electron chi connectivity index (χ4n) is 5.53. The summed E-state index contributed by atoms with van der Waals surface area (Å²) in [5, 5.41) is 8.70. The monoisotopic (exact) mass is 438 g/mol. The first kappa shape index (κ1) is 21.9. The number of anilines is 1. The van der Waals surface area contributed by atoms with E-state index in [4.69, 9.17) is 14.5 Å². The van der Waals surface area contributed by atoms with Crippen molar-refractivity contribution in [3.05, 3.63) is 29.0 Å². The Labute approximate surface area is 192 Å². The van der Waals surface area contributed by atoms with Gasteiger partial charge in [-0.2, -0.15) is 0 Å². The number of rotatable bonds is 8. The van der Waals surface area contributed by atoms with Crippen LogP contribution in [0.2, 0.25) is 0 Å². The maximum Gasteiger partial charge on any atom is 0.125 e. The van der Waals surface area contributed by atoms with Crippen LogP contribution >= 0.6 is 0 Å². The van der Waals surface area contributed by atoms with Crippen LogP contribution in [0, 0.1) is 0 Å². The number of likely N-dealkylation sites (tertiary alicyclic amines) is 1. The fraction of sp³-hybridized carbons (Fsp3) is 0.654. The largest absolute Gasteiger partial charge is 0.496 e. The van der Waals surface area contributed by atoms with Crippen LogP contribution in [0.4, 0.5) is 5.69 Å². The number of methoxy groups -OCH3 is 1. The lowest BCUT2D eigenvalue weighted by Gasteiger charge is -2.22. The van der Waals surface area contributed by atoms with E-state index in [0.29, 0.717) is 12.6 Å². The minimum absolute atomic E-state index is 0.465. The van der Waals surface area contributed by atoms with Crippen LogP contribution in [-0.4, -0.2) is 62.4 Å². The van der Waals surface area contributed by atoms with E-state index in [1.54, 1.807) is 7.11 Å². The summed E-state index contributed by atoms with van der Waals surface area (Å²) in [6.45, 7) is 6.93. The molecule has 6 nitrogen and oxygen atoms in total. The molecule has 0 bridgehead atoms. The van der Waals surface area contributed by atoms with E-state index in [2.05, 4.69) is 27.7 Å². The summed E-state index contributed by atoms with van der Waals surface area (Å²) in [5.41, 5.74) is 6.13. The van der Waals surface area contributed by atoms with Crippen LogP contribution in [-0.2, 0) is 24.2 Å². The standard InChI is InChI=1S/C26H38N4O2/c1-31-25-16-22-24(15-19(25)18-32-14-13-30-11-4-5-12-30)29-23-9-6-8-21(23)26(22)28-20-7-2-3-10-27-17-20/h15-16,20,27H,2-14,17-18H2,1H3,(H,28,29). The lowest BCUT2D eigenvalue weighted by Crippen LogP contribution is -2.31. The minimum Gasteiger partial charge on any atom is -0.496 e. The Bertz CT molecular complexity index is 918. The van der Waals surface area contributed by atoms with Crippen molar-refractivity contribution in [1.82, 2.24) is 15.2 Å². The van der Waals surface area contributed by atoms with Crippen LogP contribution in [0.15, 0.2) is 12.1 Å². The Morgan fingerprint density at radius 3 is 2.91 bits per heavy atom. The maximum atomic E-state index is 6.06. The molecule has 0 amide bonds. The Morgan fingerprint density at radius 2 is 2.03 bits per heavy atom. The average Bonchev–Trinajstić information content (AvgIpc) is 3.43. The van der Waals surface area contributed by atoms with Crippen molar-refractivity contribution < 1.29 is 9.47 Å². The van der Waals surface area contributed by atoms with Crippen LogP contribution in [0.25, 0.3) is 10.9 Å². The van der Waals surface area contributed by atoms with Crippen molar-refractivity contribution in [2.45, 2.75) is 64.0 Å². The zero-order valence-electron chi connectivity index (χ0n) is 19.5. The molecular formula is C26H38N4O2. The number of aromatic nitrogens is 1. The van der Waals surface area contributed by atoms with Crippen molar-refractivity contribution in [1.29, 1.82) is 0 Å². The highest BCUT2D eigenvalue weighted by molar-refractivity contribution is 5.95. The lowest BCUT2D eigenvalue weighted by atomic mass is 10.0. The molecule has 0 radical (unpaired) electrons. The summed E-state index contributed by atoms with van der Waals surface area (Å²) in [6.07, 6.45) is 9.79. The number of nitrogens with one attached hydrogen (secondary N) is 2. The zero-order chi connectivity index (χ0) is 21.8. The van der Waals surface area contributed by atoms with Crippen molar-refractivity contribution in [3.63, 3.8) is 0 Å². The SMILES string of the molecule is COc1cc2c(NC3CCCCNC3)c3c(nc2cc1COCCN1CCCC1)CCC3. The van der Waals surface area contributed by atoms with Gasteiger partial charge in [0.2, 0.25) is 0 Å². The third kappa shape index (κ3) is 4.87. The van der Waals surface area contributed by atoms with E-state index in [9.17, 15) is 0 Å². The topological polar surface area (TPSA) is 58.6 Å². The average molecular weight is 439 g/mol. The van der Waals surface area contributed by atoms with Crippen molar-refractivity contribution in [3.8, 4) is 5.75 Å². The van der Waals surface area contributed by atoms with Crippen molar-refractivity contribution >= 4 is 16.6 Å². The summed E-state index contributed by atoms with van der Waals surface area (Å²) in [4.78, 5) is 7.57. The van der Waals surface area contributed by atoms with Crippen molar-refractivity contribution in [2.24, 2.45) is 0 Å². The molecule has 1 aromatic carbocycles. The minimum atomic E-state index is 0.465. The molecular weight excluding hydrogens is 400 g/mol. The van der Waals surface area contributed by atoms with Gasteiger partial charge in [-0.3, -0.25) is 4.98 Å². The first-order valence-corrected chi connectivity index (χ1v) is 12.6. The van der Waals surface area contributed by atoms with Gasteiger partial charge in [-0.05, 0) is 82.3 Å². The molecule has 6 heteroatoms. The van der Waals surface area contributed by atoms with Crippen molar-refractivity contribution in [2.75, 3.05) is 51.8 Å². The van der Waals surface area contributed by atoms with E-state index < -0.39 is 0 Å². The number of fused-ring (bicyclic) bond motifs is 2. The predicted octanol–water partition coefficient (Wildman–Crippen LogP) is 3.90. The van der Waals surface area contributed by atoms with E-state index in [1.165, 1.54) is 73.9 Å². The van der Waals surface area contributed by atoms with Crippen LogP contribution in [0.3, 0.4) is 0 Å². The zero-order valence-corrected chi connectivity index (χ0v) is 19.5. The van der Waals surface area contributed by atoms with Gasteiger partial charge in [-0.25, -0.2) is 0 Å². The number of benzene rings is 1. The summed E-state index contributed by atoms with van der Waals surface area (Å²) >= 11 is 0. The van der Waals surface area contributed by atoms with Gasteiger partial charge in [0.1, 0.15) is 5.75 Å². The predicted molar refractivity (Wildman–Crippen MR) is 130 cm³/mol. The molecule has 0 spiro atoms. The Balaban J connectivity index is 1.39. The van der Waals surface area contributed by atoms with E-state index in [1.807, 2.05) is 0 Å². The molecule has 2 N–H and O–H groups in total.